The second-order valence-electron chi connectivity index (χ2n) is 7.88. The minimum Gasteiger partial charge on any atom is -0.381 e. The second kappa shape index (κ2) is 7.64. The van der Waals surface area contributed by atoms with Crippen LogP contribution in [0.2, 0.25) is 0 Å². The van der Waals surface area contributed by atoms with Gasteiger partial charge in [0.15, 0.2) is 0 Å². The summed E-state index contributed by atoms with van der Waals surface area (Å²) in [5.41, 5.74) is 0.714. The second-order valence-corrected chi connectivity index (χ2v) is 7.88. The normalized spacial score (nSPS) is 19.9. The minimum atomic E-state index is 0.225. The summed E-state index contributed by atoms with van der Waals surface area (Å²) in [6, 6.07) is 0. The molecule has 0 aromatic carbocycles. The Morgan fingerprint density at radius 2 is 1.74 bits per heavy atom. The van der Waals surface area contributed by atoms with Crippen LogP contribution in [-0.2, 0) is 4.74 Å². The van der Waals surface area contributed by atoms with Crippen molar-refractivity contribution >= 4 is 0 Å². The topological polar surface area (TPSA) is 21.3 Å². The van der Waals surface area contributed by atoms with Gasteiger partial charge in [-0.2, -0.15) is 0 Å². The molecule has 0 bridgehead atoms. The van der Waals surface area contributed by atoms with Crippen molar-refractivity contribution in [1.82, 2.24) is 5.32 Å². The van der Waals surface area contributed by atoms with Crippen LogP contribution in [0.3, 0.4) is 0 Å². The summed E-state index contributed by atoms with van der Waals surface area (Å²) in [5.74, 6) is 0.648. The molecule has 2 heteroatoms. The monoisotopic (exact) mass is 269 g/mol. The van der Waals surface area contributed by atoms with Crippen LogP contribution >= 0.6 is 0 Å². The highest BCUT2D eigenvalue weighted by molar-refractivity contribution is 4.87. The molecule has 2 nitrogen and oxygen atoms in total. The van der Waals surface area contributed by atoms with Crippen molar-refractivity contribution in [2.45, 2.75) is 78.7 Å². The van der Waals surface area contributed by atoms with Crippen LogP contribution < -0.4 is 5.32 Å². The van der Waals surface area contributed by atoms with E-state index in [2.05, 4.69) is 39.9 Å². The van der Waals surface area contributed by atoms with Gasteiger partial charge >= 0.3 is 0 Å². The Morgan fingerprint density at radius 3 is 2.26 bits per heavy atom. The van der Waals surface area contributed by atoms with Gasteiger partial charge in [0.05, 0.1) is 0 Å². The number of ether oxygens (including phenoxy) is 1. The molecule has 1 N–H and O–H groups in total. The Kier molecular flexibility index (Phi) is 6.82. The van der Waals surface area contributed by atoms with Gasteiger partial charge in [-0.1, -0.05) is 33.1 Å². The maximum Gasteiger partial charge on any atom is 0.0488 e. The van der Waals surface area contributed by atoms with Gasteiger partial charge in [0.1, 0.15) is 0 Å². The Bertz CT molecular complexity index is 236. The SMILES string of the molecule is CC(C)COCCC1(CNC(C)(C)C)CCCCC1. The summed E-state index contributed by atoms with van der Waals surface area (Å²) in [5, 5.41) is 3.73. The summed E-state index contributed by atoms with van der Waals surface area (Å²) in [7, 11) is 0. The molecule has 1 rings (SSSR count). The van der Waals surface area contributed by atoms with Crippen molar-refractivity contribution in [3.05, 3.63) is 0 Å². The van der Waals surface area contributed by atoms with Crippen LogP contribution in [-0.4, -0.2) is 25.3 Å². The van der Waals surface area contributed by atoms with Gasteiger partial charge in [-0.3, -0.25) is 0 Å². The number of rotatable bonds is 7. The lowest BCUT2D eigenvalue weighted by molar-refractivity contribution is 0.0572. The third-order valence-electron chi connectivity index (χ3n) is 4.14. The predicted octanol–water partition coefficient (Wildman–Crippen LogP) is 4.39. The van der Waals surface area contributed by atoms with Crippen LogP contribution in [0, 0.1) is 11.3 Å². The van der Waals surface area contributed by atoms with Gasteiger partial charge in [0, 0.05) is 25.3 Å². The van der Waals surface area contributed by atoms with Crippen molar-refractivity contribution in [3.63, 3.8) is 0 Å². The van der Waals surface area contributed by atoms with Crippen molar-refractivity contribution in [1.29, 1.82) is 0 Å². The van der Waals surface area contributed by atoms with Crippen LogP contribution in [0.5, 0.6) is 0 Å². The first kappa shape index (κ1) is 17.0. The summed E-state index contributed by atoms with van der Waals surface area (Å²) in [6.45, 7) is 14.2. The number of hydrogen-bond donors (Lipinski definition) is 1. The molecule has 0 unspecified atom stereocenters. The molecule has 114 valence electrons. The minimum absolute atomic E-state index is 0.225. The van der Waals surface area contributed by atoms with E-state index < -0.39 is 0 Å². The van der Waals surface area contributed by atoms with E-state index in [0.29, 0.717) is 11.3 Å². The molecular formula is C17H35NO. The van der Waals surface area contributed by atoms with Crippen molar-refractivity contribution in [2.24, 2.45) is 11.3 Å². The summed E-state index contributed by atoms with van der Waals surface area (Å²) >= 11 is 0. The lowest BCUT2D eigenvalue weighted by Crippen LogP contribution is -2.45. The van der Waals surface area contributed by atoms with Gasteiger partial charge in [0.25, 0.3) is 0 Å². The molecule has 0 amide bonds. The van der Waals surface area contributed by atoms with Gasteiger partial charge in [0.2, 0.25) is 0 Å². The van der Waals surface area contributed by atoms with Gasteiger partial charge < -0.3 is 10.1 Å². The van der Waals surface area contributed by atoms with E-state index in [9.17, 15) is 0 Å². The van der Waals surface area contributed by atoms with Gasteiger partial charge in [-0.15, -0.1) is 0 Å². The van der Waals surface area contributed by atoms with E-state index in [0.717, 1.165) is 19.8 Å². The number of nitrogens with one attached hydrogen (secondary N) is 1. The Balaban J connectivity index is 2.41. The lowest BCUT2D eigenvalue weighted by Gasteiger charge is -2.40. The molecule has 0 radical (unpaired) electrons. The maximum absolute atomic E-state index is 5.83. The molecule has 0 heterocycles. The zero-order chi connectivity index (χ0) is 14.4. The Labute approximate surface area is 120 Å². The molecule has 0 saturated heterocycles. The fourth-order valence-electron chi connectivity index (χ4n) is 2.88. The molecular weight excluding hydrogens is 234 g/mol. The van der Waals surface area contributed by atoms with E-state index in [1.165, 1.54) is 38.5 Å². The van der Waals surface area contributed by atoms with Crippen LogP contribution in [0.25, 0.3) is 0 Å². The molecule has 19 heavy (non-hydrogen) atoms. The summed E-state index contributed by atoms with van der Waals surface area (Å²) in [6.07, 6.45) is 8.20. The summed E-state index contributed by atoms with van der Waals surface area (Å²) in [4.78, 5) is 0. The third kappa shape index (κ3) is 7.31. The van der Waals surface area contributed by atoms with Crippen LogP contribution in [0.4, 0.5) is 0 Å². The highest BCUT2D eigenvalue weighted by atomic mass is 16.5. The fourth-order valence-corrected chi connectivity index (χ4v) is 2.88. The first-order valence-corrected chi connectivity index (χ1v) is 8.16. The first-order chi connectivity index (χ1) is 8.83. The highest BCUT2D eigenvalue weighted by Crippen LogP contribution is 2.39. The molecule has 1 aliphatic carbocycles. The molecule has 1 aliphatic rings. The number of hydrogen-bond acceptors (Lipinski definition) is 2. The maximum atomic E-state index is 5.83. The first-order valence-electron chi connectivity index (χ1n) is 8.16. The average molecular weight is 269 g/mol. The van der Waals surface area contributed by atoms with E-state index >= 15 is 0 Å². The molecule has 0 aliphatic heterocycles. The molecule has 0 aromatic rings. The largest absolute Gasteiger partial charge is 0.381 e. The zero-order valence-electron chi connectivity index (χ0n) is 13.8. The van der Waals surface area contributed by atoms with Crippen molar-refractivity contribution in [3.8, 4) is 0 Å². The van der Waals surface area contributed by atoms with E-state index in [1.807, 2.05) is 0 Å². The van der Waals surface area contributed by atoms with Crippen LogP contribution in [0.15, 0.2) is 0 Å². The van der Waals surface area contributed by atoms with E-state index in [-0.39, 0.29) is 5.54 Å². The third-order valence-corrected chi connectivity index (χ3v) is 4.14. The van der Waals surface area contributed by atoms with E-state index in [1.54, 1.807) is 0 Å². The zero-order valence-corrected chi connectivity index (χ0v) is 13.8. The van der Waals surface area contributed by atoms with E-state index in [4.69, 9.17) is 4.74 Å². The molecule has 1 fully saturated rings. The smallest absolute Gasteiger partial charge is 0.0488 e. The Hall–Kier alpha value is -0.0800. The average Bonchev–Trinajstić information content (AvgIpc) is 2.33. The molecule has 0 spiro atoms. The standard InChI is InChI=1S/C17H35NO/c1-15(2)13-19-12-11-17(9-7-6-8-10-17)14-18-16(3,4)5/h15,18H,6-14H2,1-5H3. The molecule has 0 atom stereocenters. The van der Waals surface area contributed by atoms with Crippen molar-refractivity contribution in [2.75, 3.05) is 19.8 Å². The molecule has 0 aromatic heterocycles. The summed E-state index contributed by atoms with van der Waals surface area (Å²) < 4.78 is 5.83. The van der Waals surface area contributed by atoms with Gasteiger partial charge in [-0.05, 0) is 51.4 Å². The highest BCUT2D eigenvalue weighted by Gasteiger charge is 2.32. The molecule has 1 saturated carbocycles. The quantitative estimate of drug-likeness (QED) is 0.692. The van der Waals surface area contributed by atoms with Crippen LogP contribution in [0.1, 0.15) is 73.1 Å². The Morgan fingerprint density at radius 1 is 1.11 bits per heavy atom. The lowest BCUT2D eigenvalue weighted by atomic mass is 9.71. The van der Waals surface area contributed by atoms with Crippen molar-refractivity contribution < 1.29 is 4.74 Å². The predicted molar refractivity (Wildman–Crippen MR) is 83.5 cm³/mol. The van der Waals surface area contributed by atoms with Gasteiger partial charge in [-0.25, -0.2) is 0 Å². The fraction of sp³-hybridized carbons (Fsp3) is 1.00.